The molecule has 4 heteroatoms. The van der Waals surface area contributed by atoms with E-state index >= 15 is 0 Å². The van der Waals surface area contributed by atoms with E-state index in [1.54, 1.807) is 6.07 Å². The van der Waals surface area contributed by atoms with Gasteiger partial charge in [-0.25, -0.2) is 4.39 Å². The van der Waals surface area contributed by atoms with Gasteiger partial charge in [0.05, 0.1) is 0 Å². The van der Waals surface area contributed by atoms with Crippen molar-refractivity contribution in [2.24, 2.45) is 11.8 Å². The number of carbonyl (C=O) groups is 1. The van der Waals surface area contributed by atoms with Gasteiger partial charge in [0, 0.05) is 49.6 Å². The zero-order valence-corrected chi connectivity index (χ0v) is 19.9. The summed E-state index contributed by atoms with van der Waals surface area (Å²) >= 11 is 0. The minimum Gasteiger partial charge on any atom is -0.340 e. The van der Waals surface area contributed by atoms with Crippen molar-refractivity contribution < 1.29 is 9.18 Å². The van der Waals surface area contributed by atoms with Crippen LogP contribution in [0.5, 0.6) is 0 Å². The van der Waals surface area contributed by atoms with Gasteiger partial charge >= 0.3 is 0 Å². The van der Waals surface area contributed by atoms with E-state index in [9.17, 15) is 9.18 Å². The van der Waals surface area contributed by atoms with Gasteiger partial charge < -0.3 is 4.90 Å². The number of benzene rings is 2. The average Bonchev–Trinajstić information content (AvgIpc) is 3.11. The monoisotopic (exact) mass is 424 g/mol. The molecule has 3 nitrogen and oxygen atoms in total. The van der Waals surface area contributed by atoms with Crippen molar-refractivity contribution in [1.82, 2.24) is 9.80 Å². The smallest absolute Gasteiger partial charge is 0.225 e. The Kier molecular flexibility index (Phi) is 7.53. The van der Waals surface area contributed by atoms with Crippen LogP contribution in [0.3, 0.4) is 0 Å². The molecule has 1 saturated heterocycles. The predicted octanol–water partition coefficient (Wildman–Crippen LogP) is 5.55. The molecule has 0 radical (unpaired) electrons. The molecule has 3 rings (SSSR count). The number of hydrogen-bond acceptors (Lipinski definition) is 2. The van der Waals surface area contributed by atoms with Gasteiger partial charge in [0.2, 0.25) is 5.91 Å². The number of likely N-dealkylation sites (tertiary alicyclic amines) is 1. The van der Waals surface area contributed by atoms with Gasteiger partial charge in [0.15, 0.2) is 0 Å². The Hall–Kier alpha value is -2.20. The molecule has 2 unspecified atom stereocenters. The lowest BCUT2D eigenvalue weighted by atomic mass is 9.87. The van der Waals surface area contributed by atoms with Crippen LogP contribution in [0.25, 0.3) is 0 Å². The Labute approximate surface area is 187 Å². The van der Waals surface area contributed by atoms with Gasteiger partial charge in [-0.15, -0.1) is 0 Å². The molecule has 168 valence electrons. The van der Waals surface area contributed by atoms with E-state index in [-0.39, 0.29) is 23.7 Å². The molecular weight excluding hydrogens is 387 g/mol. The topological polar surface area (TPSA) is 23.6 Å². The lowest BCUT2D eigenvalue weighted by Crippen LogP contribution is -2.43. The van der Waals surface area contributed by atoms with Gasteiger partial charge in [0.25, 0.3) is 0 Å². The van der Waals surface area contributed by atoms with E-state index in [2.05, 4.69) is 49.9 Å². The van der Waals surface area contributed by atoms with Crippen LogP contribution in [0, 0.1) is 31.5 Å². The first kappa shape index (κ1) is 23.5. The molecule has 2 atom stereocenters. The second kappa shape index (κ2) is 9.95. The molecule has 31 heavy (non-hydrogen) atoms. The lowest BCUT2D eigenvalue weighted by molar-refractivity contribution is -0.136. The third-order valence-electron chi connectivity index (χ3n) is 6.45. The van der Waals surface area contributed by atoms with E-state index in [0.29, 0.717) is 18.4 Å². The molecule has 1 aliphatic heterocycles. The number of carbonyl (C=O) groups excluding carboxylic acids is 1. The number of aryl methyl sites for hydroxylation is 2. The van der Waals surface area contributed by atoms with Crippen LogP contribution in [0.1, 0.15) is 55.9 Å². The minimum absolute atomic E-state index is 0.0147. The number of nitrogens with zero attached hydrogens (tertiary/aromatic N) is 2. The summed E-state index contributed by atoms with van der Waals surface area (Å²) in [6.45, 7) is 15.3. The number of hydrogen-bond donors (Lipinski definition) is 0. The summed E-state index contributed by atoms with van der Waals surface area (Å²) in [6.07, 6.45) is 0. The van der Waals surface area contributed by atoms with Gasteiger partial charge in [-0.2, -0.15) is 0 Å². The largest absolute Gasteiger partial charge is 0.340 e. The van der Waals surface area contributed by atoms with Gasteiger partial charge in [-0.3, -0.25) is 9.69 Å². The Morgan fingerprint density at radius 1 is 1.03 bits per heavy atom. The van der Waals surface area contributed by atoms with Crippen molar-refractivity contribution in [3.8, 4) is 0 Å². The van der Waals surface area contributed by atoms with E-state index in [4.69, 9.17) is 0 Å². The fraction of sp³-hybridized carbons (Fsp3) is 0.519. The normalized spacial score (nSPS) is 19.4. The fourth-order valence-electron chi connectivity index (χ4n) is 4.67. The van der Waals surface area contributed by atoms with Crippen LogP contribution in [0.15, 0.2) is 42.5 Å². The maximum atomic E-state index is 14.4. The van der Waals surface area contributed by atoms with Crippen LogP contribution < -0.4 is 0 Å². The third-order valence-corrected chi connectivity index (χ3v) is 6.45. The van der Waals surface area contributed by atoms with E-state index in [1.807, 2.05) is 37.8 Å². The van der Waals surface area contributed by atoms with E-state index in [1.165, 1.54) is 11.1 Å². The Balaban J connectivity index is 1.85. The van der Waals surface area contributed by atoms with Crippen LogP contribution >= 0.6 is 0 Å². The molecule has 1 heterocycles. The van der Waals surface area contributed by atoms with Crippen LogP contribution in [0.2, 0.25) is 0 Å². The predicted molar refractivity (Wildman–Crippen MR) is 126 cm³/mol. The molecule has 2 aromatic carbocycles. The highest BCUT2D eigenvalue weighted by atomic mass is 19.1. The van der Waals surface area contributed by atoms with Crippen molar-refractivity contribution in [3.05, 3.63) is 70.5 Å². The van der Waals surface area contributed by atoms with Crippen molar-refractivity contribution in [2.75, 3.05) is 19.6 Å². The lowest BCUT2D eigenvalue weighted by Gasteiger charge is -2.33. The molecule has 0 N–H and O–H groups in total. The zero-order chi connectivity index (χ0) is 22.7. The van der Waals surface area contributed by atoms with Crippen LogP contribution in [-0.4, -0.2) is 41.4 Å². The number of halogens is 1. The first-order valence-corrected chi connectivity index (χ1v) is 11.5. The molecule has 2 aromatic rings. The second-order valence-corrected chi connectivity index (χ2v) is 9.81. The summed E-state index contributed by atoms with van der Waals surface area (Å²) in [6, 6.07) is 14.3. The highest BCUT2D eigenvalue weighted by molar-refractivity contribution is 5.78. The van der Waals surface area contributed by atoms with Crippen LogP contribution in [-0.2, 0) is 11.3 Å². The quantitative estimate of drug-likeness (QED) is 0.582. The second-order valence-electron chi connectivity index (χ2n) is 9.81. The third kappa shape index (κ3) is 5.74. The highest BCUT2D eigenvalue weighted by Gasteiger charge is 2.36. The first-order chi connectivity index (χ1) is 14.7. The molecule has 0 saturated carbocycles. The summed E-state index contributed by atoms with van der Waals surface area (Å²) in [5.41, 5.74) is 4.39. The Bertz CT molecular complexity index is 891. The maximum Gasteiger partial charge on any atom is 0.225 e. The van der Waals surface area contributed by atoms with Crippen molar-refractivity contribution in [1.29, 1.82) is 0 Å². The van der Waals surface area contributed by atoms with Crippen molar-refractivity contribution in [3.63, 3.8) is 0 Å². The molecule has 1 amide bonds. The average molecular weight is 425 g/mol. The minimum atomic E-state index is -0.139. The number of amides is 1. The van der Waals surface area contributed by atoms with Crippen molar-refractivity contribution in [2.45, 2.75) is 60.0 Å². The Morgan fingerprint density at radius 2 is 1.68 bits per heavy atom. The summed E-state index contributed by atoms with van der Waals surface area (Å²) < 4.78 is 14.4. The molecular formula is C27H37FN2O. The number of rotatable bonds is 7. The summed E-state index contributed by atoms with van der Waals surface area (Å²) in [7, 11) is 0. The van der Waals surface area contributed by atoms with Crippen LogP contribution in [0.4, 0.5) is 4.39 Å². The zero-order valence-electron chi connectivity index (χ0n) is 19.9. The standard InChI is InChI=1S/C27H37FN2O/c1-18(2)27(31)30(19(3)4)16-24-15-29(14-23-13-21(6)9-12-26(23)28)17-25(24)22-10-7-20(5)8-11-22/h7-13,18-19,24-25H,14-17H2,1-6H3. The SMILES string of the molecule is Cc1ccc(C2CN(Cc3cc(C)ccc3F)CC2CN(C(=O)C(C)C)C(C)C)cc1. The van der Waals surface area contributed by atoms with E-state index < -0.39 is 0 Å². The molecule has 1 aliphatic rings. The molecule has 0 bridgehead atoms. The van der Waals surface area contributed by atoms with Gasteiger partial charge in [-0.05, 0) is 45.2 Å². The first-order valence-electron chi connectivity index (χ1n) is 11.5. The Morgan fingerprint density at radius 3 is 2.29 bits per heavy atom. The summed E-state index contributed by atoms with van der Waals surface area (Å²) in [4.78, 5) is 17.3. The van der Waals surface area contributed by atoms with E-state index in [0.717, 1.165) is 30.8 Å². The molecule has 0 aromatic heterocycles. The fourth-order valence-corrected chi connectivity index (χ4v) is 4.67. The summed E-state index contributed by atoms with van der Waals surface area (Å²) in [5, 5.41) is 0. The molecule has 0 spiro atoms. The van der Waals surface area contributed by atoms with Crippen molar-refractivity contribution >= 4 is 5.91 Å². The van der Waals surface area contributed by atoms with Gasteiger partial charge in [0.1, 0.15) is 5.82 Å². The molecule has 0 aliphatic carbocycles. The molecule has 1 fully saturated rings. The maximum absolute atomic E-state index is 14.4. The van der Waals surface area contributed by atoms with Gasteiger partial charge in [-0.1, -0.05) is 61.4 Å². The summed E-state index contributed by atoms with van der Waals surface area (Å²) in [5.74, 6) is 0.704. The highest BCUT2D eigenvalue weighted by Crippen LogP contribution is 2.35.